The molecule has 2 unspecified atom stereocenters. The first kappa shape index (κ1) is 23.6. The van der Waals surface area contributed by atoms with Gasteiger partial charge < -0.3 is 19.9 Å². The van der Waals surface area contributed by atoms with Crippen molar-refractivity contribution in [3.63, 3.8) is 0 Å². The van der Waals surface area contributed by atoms with Crippen LogP contribution in [0, 0.1) is 0 Å². The Hall–Kier alpha value is -2.57. The van der Waals surface area contributed by atoms with Crippen LogP contribution in [-0.2, 0) is 4.74 Å². The Morgan fingerprint density at radius 2 is 2.15 bits per heavy atom. The molecule has 2 aliphatic rings. The molecule has 1 amide bonds. The molecule has 1 saturated heterocycles. The van der Waals surface area contributed by atoms with Gasteiger partial charge >= 0.3 is 12.3 Å². The lowest BCUT2D eigenvalue weighted by Crippen LogP contribution is -2.52. The number of methoxy groups -OCH3 is 1. The lowest BCUT2D eigenvalue weighted by atomic mass is 10.0. The first-order valence-electron chi connectivity index (χ1n) is 10.4. The zero-order chi connectivity index (χ0) is 23.8. The summed E-state index contributed by atoms with van der Waals surface area (Å²) in [5.41, 5.74) is 0.394. The van der Waals surface area contributed by atoms with Crippen molar-refractivity contribution in [3.05, 3.63) is 33.9 Å². The minimum absolute atomic E-state index is 0.0639. The number of hydrogen-bond donors (Lipinski definition) is 4. The van der Waals surface area contributed by atoms with Crippen LogP contribution in [0.25, 0.3) is 16.6 Å². The number of aromatic amines is 1. The number of rotatable bonds is 4. The van der Waals surface area contributed by atoms with E-state index in [-0.39, 0.29) is 11.7 Å². The number of fused-ring (bicyclic) bond motifs is 1. The number of aromatic nitrogens is 1. The van der Waals surface area contributed by atoms with Gasteiger partial charge in [0.05, 0.1) is 34.1 Å². The molecule has 33 heavy (non-hydrogen) atoms. The van der Waals surface area contributed by atoms with Gasteiger partial charge in [-0.1, -0.05) is 6.07 Å². The zero-order valence-electron chi connectivity index (χ0n) is 18.0. The topological polar surface area (TPSA) is 93.8 Å². The number of carbonyl (C=O) groups is 1. The molecule has 4 N–H and O–H groups in total. The molecule has 12 heteroatoms. The van der Waals surface area contributed by atoms with E-state index in [0.29, 0.717) is 26.6 Å². The number of likely N-dealkylation sites (N-methyl/N-ethyl adjacent to an activating group) is 1. The summed E-state index contributed by atoms with van der Waals surface area (Å²) in [5, 5.41) is 9.37. The number of ether oxygens (including phenoxy) is 1. The molecule has 3 heterocycles. The third kappa shape index (κ3) is 5.02. The predicted octanol–water partition coefficient (Wildman–Crippen LogP) is 4.02. The number of nitrogens with zero attached hydrogens (tertiary/aromatic N) is 2. The summed E-state index contributed by atoms with van der Waals surface area (Å²) in [4.78, 5) is 20.8. The number of piperidine rings is 1. The number of H-pyrrole nitrogens is 1. The summed E-state index contributed by atoms with van der Waals surface area (Å²) in [5.74, 6) is 0. The van der Waals surface area contributed by atoms with E-state index in [1.165, 1.54) is 13.3 Å². The number of halogens is 4. The van der Waals surface area contributed by atoms with Crippen LogP contribution in [0.5, 0.6) is 0 Å². The monoisotopic (exact) mass is 528 g/mol. The number of amides is 1. The van der Waals surface area contributed by atoms with Crippen LogP contribution in [0.15, 0.2) is 33.4 Å². The van der Waals surface area contributed by atoms with Gasteiger partial charge in [-0.25, -0.2) is 4.79 Å². The van der Waals surface area contributed by atoms with Gasteiger partial charge in [0, 0.05) is 35.9 Å². The van der Waals surface area contributed by atoms with Gasteiger partial charge in [0.1, 0.15) is 0 Å². The van der Waals surface area contributed by atoms with E-state index in [1.54, 1.807) is 12.1 Å². The standard InChI is InChI=1S/C21H24BrF3N6O2/c1-31-7-3-4-11(10-31)28-19-27-9-14(21(23,24)25)17(30-19)13-8-26-18-12(13)5-6-15(16(18)22)29-20(32)33-2/h5-6,8-9,11,19,26,28,30H,3-4,7,10H2,1-2H3,(H,29,32). The van der Waals surface area contributed by atoms with Crippen molar-refractivity contribution in [1.29, 1.82) is 0 Å². The summed E-state index contributed by atoms with van der Waals surface area (Å²) >= 11 is 3.41. The van der Waals surface area contributed by atoms with Crippen molar-refractivity contribution in [3.8, 4) is 0 Å². The van der Waals surface area contributed by atoms with Crippen LogP contribution < -0.4 is 16.0 Å². The van der Waals surface area contributed by atoms with Crippen LogP contribution in [0.4, 0.5) is 23.7 Å². The van der Waals surface area contributed by atoms with E-state index in [9.17, 15) is 18.0 Å². The molecule has 0 aliphatic carbocycles. The van der Waals surface area contributed by atoms with Gasteiger partial charge in [0.25, 0.3) is 0 Å². The van der Waals surface area contributed by atoms with E-state index in [4.69, 9.17) is 0 Å². The lowest BCUT2D eigenvalue weighted by Gasteiger charge is -2.34. The van der Waals surface area contributed by atoms with Crippen LogP contribution in [0.3, 0.4) is 0 Å². The molecular formula is C21H24BrF3N6O2. The maximum atomic E-state index is 13.8. The molecule has 0 saturated carbocycles. The third-order valence-corrected chi connectivity index (χ3v) is 6.53. The number of allylic oxidation sites excluding steroid dienone is 1. The number of benzene rings is 1. The molecule has 0 radical (unpaired) electrons. The number of likely N-dealkylation sites (tertiary alicyclic amines) is 1. The maximum absolute atomic E-state index is 13.8. The van der Waals surface area contributed by atoms with E-state index >= 15 is 0 Å². The van der Waals surface area contributed by atoms with Crippen molar-refractivity contribution < 1.29 is 22.7 Å². The van der Waals surface area contributed by atoms with Gasteiger partial charge in [-0.2, -0.15) is 13.2 Å². The Kier molecular flexibility index (Phi) is 6.68. The predicted molar refractivity (Wildman–Crippen MR) is 124 cm³/mol. The fourth-order valence-corrected chi connectivity index (χ4v) is 4.70. The van der Waals surface area contributed by atoms with E-state index < -0.39 is 24.1 Å². The number of alkyl halides is 3. The molecule has 1 aromatic heterocycles. The molecule has 8 nitrogen and oxygen atoms in total. The van der Waals surface area contributed by atoms with Crippen molar-refractivity contribution >= 4 is 50.5 Å². The molecular weight excluding hydrogens is 505 g/mol. The second kappa shape index (κ2) is 9.35. The Bertz CT molecular complexity index is 1110. The van der Waals surface area contributed by atoms with Gasteiger partial charge in [-0.15, -0.1) is 0 Å². The fourth-order valence-electron chi connectivity index (χ4n) is 4.14. The molecule has 0 bridgehead atoms. The number of nitrogens with one attached hydrogen (secondary N) is 4. The second-order valence-corrected chi connectivity index (χ2v) is 8.84. The van der Waals surface area contributed by atoms with Crippen LogP contribution in [0.2, 0.25) is 0 Å². The Balaban J connectivity index is 1.67. The molecule has 2 aliphatic heterocycles. The van der Waals surface area contributed by atoms with Gasteiger partial charge in [-0.3, -0.25) is 15.6 Å². The average molecular weight is 529 g/mol. The van der Waals surface area contributed by atoms with Crippen molar-refractivity contribution in [2.75, 3.05) is 32.6 Å². The highest BCUT2D eigenvalue weighted by molar-refractivity contribution is 9.10. The normalized spacial score (nSPS) is 21.9. The van der Waals surface area contributed by atoms with Crippen molar-refractivity contribution in [2.24, 2.45) is 4.99 Å². The molecule has 178 valence electrons. The first-order chi connectivity index (χ1) is 15.7. The number of hydrogen-bond acceptors (Lipinski definition) is 6. The Morgan fingerprint density at radius 1 is 1.36 bits per heavy atom. The second-order valence-electron chi connectivity index (χ2n) is 8.05. The third-order valence-electron chi connectivity index (χ3n) is 5.71. The summed E-state index contributed by atoms with van der Waals surface area (Å²) < 4.78 is 46.6. The van der Waals surface area contributed by atoms with E-state index in [0.717, 1.165) is 32.1 Å². The molecule has 1 fully saturated rings. The molecule has 4 rings (SSSR count). The largest absolute Gasteiger partial charge is 0.453 e. The summed E-state index contributed by atoms with van der Waals surface area (Å²) in [6.45, 7) is 1.80. The average Bonchev–Trinajstić information content (AvgIpc) is 3.19. The van der Waals surface area contributed by atoms with E-state index in [2.05, 4.69) is 51.5 Å². The summed E-state index contributed by atoms with van der Waals surface area (Å²) in [6, 6.07) is 3.36. The van der Waals surface area contributed by atoms with Crippen LogP contribution in [-0.4, -0.2) is 67.9 Å². The molecule has 2 aromatic rings. The number of aliphatic imine (C=N–C) groups is 1. The van der Waals surface area contributed by atoms with Gasteiger partial charge in [-0.05, 0) is 48.4 Å². The Labute approximate surface area is 196 Å². The lowest BCUT2D eigenvalue weighted by molar-refractivity contribution is -0.0855. The highest BCUT2D eigenvalue weighted by atomic mass is 79.9. The van der Waals surface area contributed by atoms with Crippen molar-refractivity contribution in [1.82, 2.24) is 20.5 Å². The number of carbonyl (C=O) groups excluding carboxylic acids is 1. The minimum Gasteiger partial charge on any atom is -0.453 e. The molecule has 1 aromatic carbocycles. The smallest absolute Gasteiger partial charge is 0.419 e. The van der Waals surface area contributed by atoms with Crippen molar-refractivity contribution in [2.45, 2.75) is 31.3 Å². The van der Waals surface area contributed by atoms with Gasteiger partial charge in [0.15, 0.2) is 6.29 Å². The Morgan fingerprint density at radius 3 is 2.85 bits per heavy atom. The van der Waals surface area contributed by atoms with E-state index in [1.807, 2.05) is 7.05 Å². The molecule has 0 spiro atoms. The van der Waals surface area contributed by atoms with Gasteiger partial charge in [0.2, 0.25) is 0 Å². The van der Waals surface area contributed by atoms with Crippen LogP contribution >= 0.6 is 15.9 Å². The first-order valence-corrected chi connectivity index (χ1v) is 11.2. The highest BCUT2D eigenvalue weighted by Crippen LogP contribution is 2.38. The maximum Gasteiger partial charge on any atom is 0.419 e. The summed E-state index contributed by atoms with van der Waals surface area (Å²) in [7, 11) is 3.26. The quantitative estimate of drug-likeness (QED) is 0.480. The molecule has 2 atom stereocenters. The number of anilines is 1. The van der Waals surface area contributed by atoms with Crippen LogP contribution in [0.1, 0.15) is 18.4 Å². The zero-order valence-corrected chi connectivity index (χ0v) is 19.6. The SMILES string of the molecule is COC(=O)Nc1ccc2c(C3=C(C(F)(F)F)C=NC(NC4CCCN(C)C4)N3)c[nH]c2c1Br. The highest BCUT2D eigenvalue weighted by Gasteiger charge is 2.39. The minimum atomic E-state index is -4.59. The summed E-state index contributed by atoms with van der Waals surface area (Å²) in [6.07, 6.45) is -1.59. The fraction of sp³-hybridized carbons (Fsp3) is 0.429.